The van der Waals surface area contributed by atoms with Gasteiger partial charge in [0.2, 0.25) is 10.0 Å². The fourth-order valence-corrected chi connectivity index (χ4v) is 4.09. The summed E-state index contributed by atoms with van der Waals surface area (Å²) < 4.78 is 22.8. The van der Waals surface area contributed by atoms with Crippen LogP contribution in [0.1, 0.15) is 18.4 Å². The number of benzene rings is 2. The first-order valence-corrected chi connectivity index (χ1v) is 10.2. The number of thiophene rings is 1. The minimum Gasteiger partial charge on any atom is -0.481 e. The summed E-state index contributed by atoms with van der Waals surface area (Å²) in [5.74, 6) is -1.42. The summed E-state index contributed by atoms with van der Waals surface area (Å²) in [5.41, 5.74) is 3.62. The first kappa shape index (κ1) is 18.3. The lowest BCUT2D eigenvalue weighted by Crippen LogP contribution is -2.11. The van der Waals surface area contributed by atoms with E-state index in [1.54, 1.807) is 30.4 Å². The van der Waals surface area contributed by atoms with Crippen LogP contribution in [0.5, 0.6) is 0 Å². The van der Waals surface area contributed by atoms with Crippen LogP contribution in [0.2, 0.25) is 0 Å². The molecule has 1 heterocycles. The maximum atomic E-state index is 11.4. The summed E-state index contributed by atoms with van der Waals surface area (Å²) in [6, 6.07) is 15.9. The molecular weight excluding hydrogens is 370 g/mol. The molecule has 0 fully saturated rings. The Hall–Kier alpha value is -2.48. The number of hydrogen-bond acceptors (Lipinski definition) is 4. The Morgan fingerprint density at radius 3 is 2.12 bits per heavy atom. The zero-order chi connectivity index (χ0) is 18.9. The molecule has 0 amide bonds. The number of carbonyl (C=O) groups is 1. The van der Waals surface area contributed by atoms with Crippen LogP contribution in [0.25, 0.3) is 21.6 Å². The van der Waals surface area contributed by atoms with E-state index in [9.17, 15) is 13.2 Å². The second-order valence-corrected chi connectivity index (χ2v) is 8.39. The minimum absolute atomic E-state index is 0.0753. The highest BCUT2D eigenvalue weighted by molar-refractivity contribution is 7.89. The van der Waals surface area contributed by atoms with E-state index in [1.165, 1.54) is 12.1 Å². The van der Waals surface area contributed by atoms with Gasteiger partial charge in [0.05, 0.1) is 10.8 Å². The monoisotopic (exact) mass is 387 g/mol. The summed E-state index contributed by atoms with van der Waals surface area (Å²) >= 11 is 1.55. The lowest BCUT2D eigenvalue weighted by atomic mass is 9.97. The van der Waals surface area contributed by atoms with Crippen molar-refractivity contribution >= 4 is 27.3 Å². The van der Waals surface area contributed by atoms with Crippen LogP contribution < -0.4 is 5.14 Å². The first-order valence-electron chi connectivity index (χ1n) is 7.81. The van der Waals surface area contributed by atoms with Gasteiger partial charge in [0.25, 0.3) is 0 Å². The van der Waals surface area contributed by atoms with E-state index in [2.05, 4.69) is 0 Å². The van der Waals surface area contributed by atoms with Crippen LogP contribution >= 0.6 is 11.3 Å². The minimum atomic E-state index is -3.72. The molecular formula is C19H17NO4S2. The van der Waals surface area contributed by atoms with Gasteiger partial charge in [-0.15, -0.1) is 11.3 Å². The molecule has 1 atom stereocenters. The predicted molar refractivity (Wildman–Crippen MR) is 103 cm³/mol. The van der Waals surface area contributed by atoms with Crippen LogP contribution in [-0.4, -0.2) is 19.5 Å². The van der Waals surface area contributed by atoms with Gasteiger partial charge in [0.15, 0.2) is 0 Å². The van der Waals surface area contributed by atoms with E-state index in [4.69, 9.17) is 10.2 Å². The summed E-state index contributed by atoms with van der Waals surface area (Å²) in [4.78, 5) is 12.2. The maximum absolute atomic E-state index is 11.4. The third kappa shape index (κ3) is 3.70. The van der Waals surface area contributed by atoms with Gasteiger partial charge in [-0.3, -0.25) is 4.79 Å². The number of carboxylic acid groups (broad SMARTS) is 1. The van der Waals surface area contributed by atoms with Crippen molar-refractivity contribution in [1.29, 1.82) is 0 Å². The summed E-state index contributed by atoms with van der Waals surface area (Å²) in [6.07, 6.45) is 0. The largest absolute Gasteiger partial charge is 0.481 e. The fraction of sp³-hybridized carbons (Fsp3) is 0.105. The van der Waals surface area contributed by atoms with Crippen molar-refractivity contribution in [3.05, 3.63) is 65.5 Å². The van der Waals surface area contributed by atoms with Gasteiger partial charge in [0, 0.05) is 10.4 Å². The van der Waals surface area contributed by atoms with E-state index in [0.29, 0.717) is 0 Å². The molecule has 1 unspecified atom stereocenters. The number of aliphatic carboxylic acids is 1. The first-order chi connectivity index (χ1) is 12.3. The summed E-state index contributed by atoms with van der Waals surface area (Å²) in [7, 11) is -3.72. The molecule has 2 aromatic carbocycles. The van der Waals surface area contributed by atoms with Gasteiger partial charge >= 0.3 is 5.97 Å². The Bertz CT molecular complexity index is 1040. The topological polar surface area (TPSA) is 97.5 Å². The van der Waals surface area contributed by atoms with Crippen molar-refractivity contribution in [2.24, 2.45) is 5.14 Å². The van der Waals surface area contributed by atoms with E-state index in [1.807, 2.05) is 35.7 Å². The number of carboxylic acids is 1. The van der Waals surface area contributed by atoms with Crippen molar-refractivity contribution in [3.63, 3.8) is 0 Å². The Labute approximate surface area is 155 Å². The fourth-order valence-electron chi connectivity index (χ4n) is 2.65. The highest BCUT2D eigenvalue weighted by atomic mass is 32.2. The van der Waals surface area contributed by atoms with Crippen LogP contribution in [0.3, 0.4) is 0 Å². The van der Waals surface area contributed by atoms with Crippen molar-refractivity contribution in [3.8, 4) is 21.6 Å². The average Bonchev–Trinajstić information content (AvgIpc) is 3.10. The molecule has 0 saturated carbocycles. The smallest absolute Gasteiger partial charge is 0.310 e. The van der Waals surface area contributed by atoms with Gasteiger partial charge in [-0.1, -0.05) is 36.4 Å². The van der Waals surface area contributed by atoms with Crippen LogP contribution in [0.15, 0.2) is 64.9 Å². The standard InChI is InChI=1S/C19H17NO4S2/c1-12(19(21)22)13-2-4-14(5-3-13)17-10-11-25-18(17)15-6-8-16(9-7-15)26(20,23)24/h2-12H,1H3,(H,21,22)(H2,20,23,24). The number of sulfonamides is 1. The van der Waals surface area contributed by atoms with Gasteiger partial charge < -0.3 is 5.11 Å². The molecule has 0 aliphatic carbocycles. The quantitative estimate of drug-likeness (QED) is 0.693. The van der Waals surface area contributed by atoms with Crippen molar-refractivity contribution in [2.45, 2.75) is 17.7 Å². The van der Waals surface area contributed by atoms with Gasteiger partial charge in [-0.2, -0.15) is 0 Å². The molecule has 0 bridgehead atoms. The Balaban J connectivity index is 1.95. The maximum Gasteiger partial charge on any atom is 0.310 e. The van der Waals surface area contributed by atoms with E-state index in [-0.39, 0.29) is 4.90 Å². The molecule has 0 aliphatic heterocycles. The molecule has 3 aromatic rings. The van der Waals surface area contributed by atoms with Crippen molar-refractivity contribution in [2.75, 3.05) is 0 Å². The normalized spacial score (nSPS) is 12.7. The van der Waals surface area contributed by atoms with Gasteiger partial charge in [0.1, 0.15) is 0 Å². The Morgan fingerprint density at radius 2 is 1.58 bits per heavy atom. The summed E-state index contributed by atoms with van der Waals surface area (Å²) in [5, 5.41) is 16.2. The van der Waals surface area contributed by atoms with Gasteiger partial charge in [-0.25, -0.2) is 13.6 Å². The second-order valence-electron chi connectivity index (χ2n) is 5.91. The molecule has 0 saturated heterocycles. The Kier molecular flexibility index (Phi) is 4.95. The zero-order valence-corrected chi connectivity index (χ0v) is 15.5. The highest BCUT2D eigenvalue weighted by Gasteiger charge is 2.15. The number of rotatable bonds is 5. The van der Waals surface area contributed by atoms with Crippen molar-refractivity contribution in [1.82, 2.24) is 0 Å². The number of hydrogen-bond donors (Lipinski definition) is 2. The Morgan fingerprint density at radius 1 is 1.00 bits per heavy atom. The number of nitrogens with two attached hydrogens (primary N) is 1. The lowest BCUT2D eigenvalue weighted by Gasteiger charge is -2.09. The molecule has 0 aliphatic rings. The molecule has 26 heavy (non-hydrogen) atoms. The van der Waals surface area contributed by atoms with Crippen LogP contribution in [0, 0.1) is 0 Å². The lowest BCUT2D eigenvalue weighted by molar-refractivity contribution is -0.138. The van der Waals surface area contributed by atoms with Crippen LogP contribution in [0.4, 0.5) is 0 Å². The van der Waals surface area contributed by atoms with Gasteiger partial charge in [-0.05, 0) is 47.2 Å². The zero-order valence-electron chi connectivity index (χ0n) is 13.9. The average molecular weight is 387 g/mol. The van der Waals surface area contributed by atoms with E-state index in [0.717, 1.165) is 27.1 Å². The number of primary sulfonamides is 1. The van der Waals surface area contributed by atoms with E-state index < -0.39 is 21.9 Å². The SMILES string of the molecule is CC(C(=O)O)c1ccc(-c2ccsc2-c2ccc(S(N)(=O)=O)cc2)cc1. The predicted octanol–water partition coefficient (Wildman–Crippen LogP) is 3.92. The third-order valence-corrected chi connectivity index (χ3v) is 6.10. The highest BCUT2D eigenvalue weighted by Crippen LogP contribution is 2.37. The van der Waals surface area contributed by atoms with Crippen LogP contribution in [-0.2, 0) is 14.8 Å². The molecule has 3 rings (SSSR count). The third-order valence-electron chi connectivity index (χ3n) is 4.20. The molecule has 5 nitrogen and oxygen atoms in total. The molecule has 1 aromatic heterocycles. The second kappa shape index (κ2) is 7.03. The summed E-state index contributed by atoms with van der Waals surface area (Å²) in [6.45, 7) is 1.65. The molecule has 0 spiro atoms. The molecule has 7 heteroatoms. The van der Waals surface area contributed by atoms with Crippen molar-refractivity contribution < 1.29 is 18.3 Å². The molecule has 0 radical (unpaired) electrons. The van der Waals surface area contributed by atoms with E-state index >= 15 is 0 Å². The molecule has 3 N–H and O–H groups in total. The molecule has 134 valence electrons.